The number of nitrogens with zero attached hydrogens (tertiary/aromatic N) is 1. The molecular formula is C17H26N2O3. The predicted octanol–water partition coefficient (Wildman–Crippen LogP) is 1.34. The monoisotopic (exact) mass is 306 g/mol. The zero-order chi connectivity index (χ0) is 15.8. The number of nitrogens with one attached hydrogen (secondary N) is 1. The Bertz CT molecular complexity index is 452. The molecule has 0 spiro atoms. The number of carbonyl (C=O) groups excluding carboxylic acids is 1. The second kappa shape index (κ2) is 8.88. The molecule has 0 saturated carbocycles. The van der Waals surface area contributed by atoms with Gasteiger partial charge in [-0.05, 0) is 18.4 Å². The molecular weight excluding hydrogens is 280 g/mol. The van der Waals surface area contributed by atoms with Gasteiger partial charge in [0.1, 0.15) is 0 Å². The molecule has 1 amide bonds. The molecule has 5 nitrogen and oxygen atoms in total. The Labute approximate surface area is 132 Å². The van der Waals surface area contributed by atoms with Crippen molar-refractivity contribution < 1.29 is 14.6 Å². The Morgan fingerprint density at radius 3 is 2.95 bits per heavy atom. The van der Waals surface area contributed by atoms with Crippen LogP contribution in [0.15, 0.2) is 30.3 Å². The SMILES string of the molecule is CCCNC(=O)CN1CCOCC1CC(O)c1ccccc1. The van der Waals surface area contributed by atoms with E-state index < -0.39 is 6.10 Å². The standard InChI is InChI=1S/C17H26N2O3/c1-2-8-18-17(21)12-19-9-10-22-13-15(19)11-16(20)14-6-4-3-5-7-14/h3-7,15-16,20H,2,8-13H2,1H3,(H,18,21). The Hall–Kier alpha value is -1.43. The van der Waals surface area contributed by atoms with E-state index in [1.54, 1.807) is 0 Å². The van der Waals surface area contributed by atoms with Crippen LogP contribution in [0.3, 0.4) is 0 Å². The summed E-state index contributed by atoms with van der Waals surface area (Å²) in [5, 5.41) is 13.3. The molecule has 1 aliphatic heterocycles. The quantitative estimate of drug-likeness (QED) is 0.798. The van der Waals surface area contributed by atoms with Crippen molar-refractivity contribution in [3.05, 3.63) is 35.9 Å². The summed E-state index contributed by atoms with van der Waals surface area (Å²) < 4.78 is 5.53. The van der Waals surface area contributed by atoms with Gasteiger partial charge in [0.2, 0.25) is 5.91 Å². The second-order valence-corrected chi connectivity index (χ2v) is 5.71. The van der Waals surface area contributed by atoms with Crippen LogP contribution in [0.4, 0.5) is 0 Å². The van der Waals surface area contributed by atoms with Gasteiger partial charge in [-0.3, -0.25) is 9.69 Å². The first kappa shape index (κ1) is 16.9. The number of aliphatic hydroxyl groups excluding tert-OH is 1. The summed E-state index contributed by atoms with van der Waals surface area (Å²) in [6.07, 6.45) is 0.977. The van der Waals surface area contributed by atoms with E-state index in [2.05, 4.69) is 10.2 Å². The van der Waals surface area contributed by atoms with Gasteiger partial charge >= 0.3 is 0 Å². The number of aliphatic hydroxyl groups is 1. The first-order valence-electron chi connectivity index (χ1n) is 8.02. The van der Waals surface area contributed by atoms with Gasteiger partial charge in [-0.15, -0.1) is 0 Å². The van der Waals surface area contributed by atoms with Gasteiger partial charge in [0, 0.05) is 19.1 Å². The molecule has 2 rings (SSSR count). The number of hydrogen-bond donors (Lipinski definition) is 2. The molecule has 1 heterocycles. The van der Waals surface area contributed by atoms with Crippen LogP contribution in [0.25, 0.3) is 0 Å². The predicted molar refractivity (Wildman–Crippen MR) is 85.5 cm³/mol. The highest BCUT2D eigenvalue weighted by molar-refractivity contribution is 5.78. The van der Waals surface area contributed by atoms with Crippen LogP contribution < -0.4 is 5.32 Å². The van der Waals surface area contributed by atoms with Crippen LogP contribution in [0.2, 0.25) is 0 Å². The fraction of sp³-hybridized carbons (Fsp3) is 0.588. The lowest BCUT2D eigenvalue weighted by Gasteiger charge is -2.36. The van der Waals surface area contributed by atoms with Crippen molar-refractivity contribution in [3.63, 3.8) is 0 Å². The molecule has 122 valence electrons. The summed E-state index contributed by atoms with van der Waals surface area (Å²) in [4.78, 5) is 14.0. The molecule has 0 bridgehead atoms. The lowest BCUT2D eigenvalue weighted by atomic mass is 10.0. The highest BCUT2D eigenvalue weighted by Crippen LogP contribution is 2.22. The lowest BCUT2D eigenvalue weighted by Crippen LogP contribution is -2.50. The van der Waals surface area contributed by atoms with Crippen molar-refractivity contribution in [2.45, 2.75) is 31.9 Å². The summed E-state index contributed by atoms with van der Waals surface area (Å²) >= 11 is 0. The highest BCUT2D eigenvalue weighted by atomic mass is 16.5. The van der Waals surface area contributed by atoms with Crippen LogP contribution in [-0.4, -0.2) is 54.8 Å². The molecule has 0 aliphatic carbocycles. The third-order valence-corrected chi connectivity index (χ3v) is 3.95. The van der Waals surface area contributed by atoms with E-state index in [1.807, 2.05) is 37.3 Å². The van der Waals surface area contributed by atoms with E-state index in [0.29, 0.717) is 32.7 Å². The molecule has 0 aromatic heterocycles. The number of ether oxygens (including phenoxy) is 1. The average molecular weight is 306 g/mol. The van der Waals surface area contributed by atoms with Crippen LogP contribution in [0.5, 0.6) is 0 Å². The summed E-state index contributed by atoms with van der Waals surface area (Å²) in [5.74, 6) is 0.0444. The van der Waals surface area contributed by atoms with Gasteiger partial charge in [-0.2, -0.15) is 0 Å². The van der Waals surface area contributed by atoms with Crippen molar-refractivity contribution in [3.8, 4) is 0 Å². The number of morpholine rings is 1. The van der Waals surface area contributed by atoms with Gasteiger partial charge in [-0.1, -0.05) is 37.3 Å². The van der Waals surface area contributed by atoms with Crippen molar-refractivity contribution in [2.24, 2.45) is 0 Å². The molecule has 1 saturated heterocycles. The molecule has 1 aromatic rings. The van der Waals surface area contributed by atoms with Crippen molar-refractivity contribution >= 4 is 5.91 Å². The molecule has 2 atom stereocenters. The fourth-order valence-electron chi connectivity index (χ4n) is 2.69. The molecule has 1 fully saturated rings. The van der Waals surface area contributed by atoms with E-state index >= 15 is 0 Å². The second-order valence-electron chi connectivity index (χ2n) is 5.71. The van der Waals surface area contributed by atoms with E-state index in [0.717, 1.165) is 18.5 Å². The minimum Gasteiger partial charge on any atom is -0.388 e. The summed E-state index contributed by atoms with van der Waals surface area (Å²) in [6.45, 7) is 5.04. The molecule has 5 heteroatoms. The maximum Gasteiger partial charge on any atom is 0.234 e. The fourth-order valence-corrected chi connectivity index (χ4v) is 2.69. The zero-order valence-electron chi connectivity index (χ0n) is 13.2. The minimum absolute atomic E-state index is 0.0444. The van der Waals surface area contributed by atoms with Crippen LogP contribution in [0, 0.1) is 0 Å². The third kappa shape index (κ3) is 5.09. The van der Waals surface area contributed by atoms with E-state index in [1.165, 1.54) is 0 Å². The number of hydrogen-bond acceptors (Lipinski definition) is 4. The third-order valence-electron chi connectivity index (χ3n) is 3.95. The van der Waals surface area contributed by atoms with Gasteiger partial charge in [-0.25, -0.2) is 0 Å². The topological polar surface area (TPSA) is 61.8 Å². The first-order valence-corrected chi connectivity index (χ1v) is 8.02. The van der Waals surface area contributed by atoms with Gasteiger partial charge in [0.15, 0.2) is 0 Å². The Kier molecular flexibility index (Phi) is 6.83. The van der Waals surface area contributed by atoms with Crippen molar-refractivity contribution in [1.29, 1.82) is 0 Å². The normalized spacial score (nSPS) is 20.5. The number of benzene rings is 1. The molecule has 2 unspecified atom stereocenters. The number of carbonyl (C=O) groups is 1. The molecule has 2 N–H and O–H groups in total. The van der Waals surface area contributed by atoms with Crippen LogP contribution in [-0.2, 0) is 9.53 Å². The van der Waals surface area contributed by atoms with Crippen LogP contribution >= 0.6 is 0 Å². The Balaban J connectivity index is 1.90. The maximum absolute atomic E-state index is 11.9. The first-order chi connectivity index (χ1) is 10.7. The van der Waals surface area contributed by atoms with Crippen molar-refractivity contribution in [2.75, 3.05) is 32.8 Å². The number of rotatable bonds is 7. The van der Waals surface area contributed by atoms with Gasteiger partial charge < -0.3 is 15.2 Å². The van der Waals surface area contributed by atoms with Gasteiger partial charge in [0.25, 0.3) is 0 Å². The molecule has 1 aromatic carbocycles. The zero-order valence-corrected chi connectivity index (χ0v) is 13.2. The van der Waals surface area contributed by atoms with Crippen LogP contribution in [0.1, 0.15) is 31.4 Å². The largest absolute Gasteiger partial charge is 0.388 e. The molecule has 0 radical (unpaired) electrons. The Morgan fingerprint density at radius 1 is 1.45 bits per heavy atom. The highest BCUT2D eigenvalue weighted by Gasteiger charge is 2.27. The lowest BCUT2D eigenvalue weighted by molar-refractivity contribution is -0.125. The van der Waals surface area contributed by atoms with E-state index in [4.69, 9.17) is 4.74 Å². The van der Waals surface area contributed by atoms with E-state index in [9.17, 15) is 9.90 Å². The summed E-state index contributed by atoms with van der Waals surface area (Å²) in [5.41, 5.74) is 0.906. The average Bonchev–Trinajstić information content (AvgIpc) is 2.55. The Morgan fingerprint density at radius 2 is 2.23 bits per heavy atom. The van der Waals surface area contributed by atoms with Gasteiger partial charge in [0.05, 0.1) is 25.9 Å². The summed E-state index contributed by atoms with van der Waals surface area (Å²) in [6, 6.07) is 9.69. The minimum atomic E-state index is -0.533. The number of amides is 1. The van der Waals surface area contributed by atoms with E-state index in [-0.39, 0.29) is 11.9 Å². The maximum atomic E-state index is 11.9. The summed E-state index contributed by atoms with van der Waals surface area (Å²) in [7, 11) is 0. The van der Waals surface area contributed by atoms with Crippen molar-refractivity contribution in [1.82, 2.24) is 10.2 Å². The smallest absolute Gasteiger partial charge is 0.234 e. The molecule has 1 aliphatic rings. The molecule has 22 heavy (non-hydrogen) atoms.